The lowest BCUT2D eigenvalue weighted by atomic mass is 10.0. The molecule has 0 saturated heterocycles. The maximum absolute atomic E-state index is 12.4. The van der Waals surface area contributed by atoms with Gasteiger partial charge in [-0.2, -0.15) is 0 Å². The van der Waals surface area contributed by atoms with E-state index in [9.17, 15) is 4.79 Å². The summed E-state index contributed by atoms with van der Waals surface area (Å²) in [5, 5.41) is 4.96. The number of aryl methyl sites for hydroxylation is 1. The third-order valence-electron chi connectivity index (χ3n) is 3.63. The van der Waals surface area contributed by atoms with Gasteiger partial charge < -0.3 is 10.1 Å². The third-order valence-corrected chi connectivity index (χ3v) is 4.54. The number of carbonyl (C=O) groups excluding carboxylic acids is 1. The van der Waals surface area contributed by atoms with Crippen LogP contribution in [0.25, 0.3) is 11.1 Å². The Balaban J connectivity index is 1.84. The molecule has 124 valence electrons. The average Bonchev–Trinajstić information content (AvgIpc) is 3.04. The highest BCUT2D eigenvalue weighted by atomic mass is 32.1. The van der Waals surface area contributed by atoms with Gasteiger partial charge in [0.2, 0.25) is 0 Å². The summed E-state index contributed by atoms with van der Waals surface area (Å²) < 4.78 is 5.50. The van der Waals surface area contributed by atoms with E-state index in [0.717, 1.165) is 41.9 Å². The smallest absolute Gasteiger partial charge is 0.261 e. The van der Waals surface area contributed by atoms with Crippen molar-refractivity contribution in [2.45, 2.75) is 33.1 Å². The zero-order valence-corrected chi connectivity index (χ0v) is 14.7. The van der Waals surface area contributed by atoms with Crippen molar-refractivity contribution in [2.24, 2.45) is 0 Å². The third kappa shape index (κ3) is 5.48. The molecule has 23 heavy (non-hydrogen) atoms. The van der Waals surface area contributed by atoms with E-state index < -0.39 is 0 Å². The van der Waals surface area contributed by atoms with E-state index in [1.807, 2.05) is 11.4 Å². The molecule has 1 aromatic heterocycles. The second-order valence-corrected chi connectivity index (χ2v) is 6.52. The average molecular weight is 331 g/mol. The van der Waals surface area contributed by atoms with Crippen LogP contribution in [0.1, 0.15) is 41.4 Å². The molecule has 0 aliphatic heterocycles. The summed E-state index contributed by atoms with van der Waals surface area (Å²) in [6.07, 6.45) is 3.10. The first-order valence-corrected chi connectivity index (χ1v) is 9.10. The number of hydrogen-bond donors (Lipinski definition) is 1. The highest BCUT2D eigenvalue weighted by Crippen LogP contribution is 2.28. The van der Waals surface area contributed by atoms with Crippen LogP contribution in [0.3, 0.4) is 0 Å². The number of ether oxygens (including phenoxy) is 1. The van der Waals surface area contributed by atoms with E-state index in [2.05, 4.69) is 43.4 Å². The van der Waals surface area contributed by atoms with Gasteiger partial charge in [-0.3, -0.25) is 4.79 Å². The van der Waals surface area contributed by atoms with E-state index in [0.29, 0.717) is 13.2 Å². The Labute approximate surface area is 142 Å². The number of unbranched alkanes of at least 4 members (excludes halogenated alkanes) is 1. The molecule has 0 aliphatic rings. The summed E-state index contributed by atoms with van der Waals surface area (Å²) >= 11 is 1.49. The first kappa shape index (κ1) is 17.7. The Morgan fingerprint density at radius 1 is 1.13 bits per heavy atom. The molecule has 0 fully saturated rings. The molecule has 0 spiro atoms. The second-order valence-electron chi connectivity index (χ2n) is 5.60. The Morgan fingerprint density at radius 3 is 2.61 bits per heavy atom. The summed E-state index contributed by atoms with van der Waals surface area (Å²) in [7, 11) is 0. The minimum atomic E-state index is 0.00383. The van der Waals surface area contributed by atoms with Crippen molar-refractivity contribution in [3.8, 4) is 11.1 Å². The molecule has 4 heteroatoms. The van der Waals surface area contributed by atoms with Crippen molar-refractivity contribution in [2.75, 3.05) is 19.8 Å². The van der Waals surface area contributed by atoms with Gasteiger partial charge in [0.1, 0.15) is 0 Å². The summed E-state index contributed by atoms with van der Waals surface area (Å²) in [6.45, 7) is 6.38. The van der Waals surface area contributed by atoms with Crippen LogP contribution in [-0.2, 0) is 4.74 Å². The highest BCUT2D eigenvalue weighted by molar-refractivity contribution is 7.12. The molecule has 2 aromatic rings. The van der Waals surface area contributed by atoms with Crippen molar-refractivity contribution < 1.29 is 9.53 Å². The SMILES string of the molecule is CCCCOCCCNC(=O)c1sccc1-c1ccc(C)cc1. The predicted molar refractivity (Wildman–Crippen MR) is 97.2 cm³/mol. The minimum absolute atomic E-state index is 0.00383. The Hall–Kier alpha value is -1.65. The molecule has 1 heterocycles. The first-order valence-electron chi connectivity index (χ1n) is 8.23. The van der Waals surface area contributed by atoms with E-state index >= 15 is 0 Å². The quantitative estimate of drug-likeness (QED) is 0.679. The number of thiophene rings is 1. The van der Waals surface area contributed by atoms with Crippen LogP contribution in [0.2, 0.25) is 0 Å². The summed E-state index contributed by atoms with van der Waals surface area (Å²) in [5.41, 5.74) is 3.31. The lowest BCUT2D eigenvalue weighted by Crippen LogP contribution is -2.25. The van der Waals surface area contributed by atoms with Gasteiger partial charge in [-0.05, 0) is 36.8 Å². The molecule has 0 saturated carbocycles. The number of amides is 1. The Bertz CT molecular complexity index is 604. The summed E-state index contributed by atoms with van der Waals surface area (Å²) in [4.78, 5) is 13.1. The maximum atomic E-state index is 12.4. The molecule has 3 nitrogen and oxygen atoms in total. The van der Waals surface area contributed by atoms with Gasteiger partial charge in [0.05, 0.1) is 4.88 Å². The van der Waals surface area contributed by atoms with Crippen molar-refractivity contribution in [3.05, 3.63) is 46.2 Å². The van der Waals surface area contributed by atoms with Crippen LogP contribution in [0.15, 0.2) is 35.7 Å². The van der Waals surface area contributed by atoms with Gasteiger partial charge in [0, 0.05) is 25.3 Å². The van der Waals surface area contributed by atoms with Gasteiger partial charge in [-0.1, -0.05) is 43.2 Å². The van der Waals surface area contributed by atoms with E-state index in [4.69, 9.17) is 4.74 Å². The van der Waals surface area contributed by atoms with Crippen molar-refractivity contribution in [1.29, 1.82) is 0 Å². The van der Waals surface area contributed by atoms with E-state index in [1.165, 1.54) is 16.9 Å². The number of carbonyl (C=O) groups is 1. The lowest BCUT2D eigenvalue weighted by molar-refractivity contribution is 0.0945. The Morgan fingerprint density at radius 2 is 1.87 bits per heavy atom. The van der Waals surface area contributed by atoms with E-state index in [-0.39, 0.29) is 5.91 Å². The van der Waals surface area contributed by atoms with Crippen LogP contribution in [-0.4, -0.2) is 25.7 Å². The normalized spacial score (nSPS) is 10.7. The minimum Gasteiger partial charge on any atom is -0.381 e. The summed E-state index contributed by atoms with van der Waals surface area (Å²) in [5.74, 6) is 0.00383. The standard InChI is InChI=1S/C19H25NO2S/c1-3-4-12-22-13-5-11-20-19(21)18-17(10-14-23-18)16-8-6-15(2)7-9-16/h6-10,14H,3-5,11-13H2,1-2H3,(H,20,21). The molecule has 0 aliphatic carbocycles. The molecule has 1 aromatic carbocycles. The number of benzene rings is 1. The van der Waals surface area contributed by atoms with Crippen LogP contribution in [0, 0.1) is 6.92 Å². The van der Waals surface area contributed by atoms with Gasteiger partial charge >= 0.3 is 0 Å². The molecule has 0 unspecified atom stereocenters. The molecule has 0 atom stereocenters. The molecule has 1 N–H and O–H groups in total. The fraction of sp³-hybridized carbons (Fsp3) is 0.421. The molecule has 0 bridgehead atoms. The van der Waals surface area contributed by atoms with Crippen LogP contribution in [0.4, 0.5) is 0 Å². The zero-order chi connectivity index (χ0) is 16.5. The van der Waals surface area contributed by atoms with Crippen molar-refractivity contribution >= 4 is 17.2 Å². The van der Waals surface area contributed by atoms with Gasteiger partial charge in [-0.15, -0.1) is 11.3 Å². The second kappa shape index (κ2) is 9.48. The molecule has 1 amide bonds. The molecule has 0 radical (unpaired) electrons. The first-order chi connectivity index (χ1) is 11.2. The monoisotopic (exact) mass is 331 g/mol. The fourth-order valence-corrected chi connectivity index (χ4v) is 3.08. The van der Waals surface area contributed by atoms with E-state index in [1.54, 1.807) is 0 Å². The number of hydrogen-bond acceptors (Lipinski definition) is 3. The van der Waals surface area contributed by atoms with Gasteiger partial charge in [0.25, 0.3) is 5.91 Å². The highest BCUT2D eigenvalue weighted by Gasteiger charge is 2.13. The van der Waals surface area contributed by atoms with Crippen molar-refractivity contribution in [1.82, 2.24) is 5.32 Å². The topological polar surface area (TPSA) is 38.3 Å². The summed E-state index contributed by atoms with van der Waals surface area (Å²) in [6, 6.07) is 10.3. The van der Waals surface area contributed by atoms with Gasteiger partial charge in [0.15, 0.2) is 0 Å². The maximum Gasteiger partial charge on any atom is 0.261 e. The molecular weight excluding hydrogens is 306 g/mol. The van der Waals surface area contributed by atoms with Crippen LogP contribution in [0.5, 0.6) is 0 Å². The zero-order valence-electron chi connectivity index (χ0n) is 13.9. The lowest BCUT2D eigenvalue weighted by Gasteiger charge is -2.07. The van der Waals surface area contributed by atoms with Crippen molar-refractivity contribution in [3.63, 3.8) is 0 Å². The van der Waals surface area contributed by atoms with Crippen LogP contribution >= 0.6 is 11.3 Å². The largest absolute Gasteiger partial charge is 0.381 e. The predicted octanol–water partition coefficient (Wildman–Crippen LogP) is 4.66. The van der Waals surface area contributed by atoms with Crippen LogP contribution < -0.4 is 5.32 Å². The number of nitrogens with one attached hydrogen (secondary N) is 1. The molecule has 2 rings (SSSR count). The van der Waals surface area contributed by atoms with Gasteiger partial charge in [-0.25, -0.2) is 0 Å². The fourth-order valence-electron chi connectivity index (χ4n) is 2.25. The Kier molecular flexibility index (Phi) is 7.30. The molecular formula is C19H25NO2S. The number of rotatable bonds is 9.